The van der Waals surface area contributed by atoms with Gasteiger partial charge in [-0.3, -0.25) is 4.79 Å². The Morgan fingerprint density at radius 2 is 2.00 bits per heavy atom. The Hall–Kier alpha value is -1.91. The van der Waals surface area contributed by atoms with Gasteiger partial charge in [0.25, 0.3) is 0 Å². The quantitative estimate of drug-likeness (QED) is 0.775. The number of benzene rings is 1. The molecule has 0 aromatic heterocycles. The maximum atomic E-state index is 11.1. The molecule has 100 valence electrons. The van der Waals surface area contributed by atoms with Crippen molar-refractivity contribution in [1.82, 2.24) is 0 Å². The lowest BCUT2D eigenvalue weighted by atomic mass is 10.2. The summed E-state index contributed by atoms with van der Waals surface area (Å²) in [5, 5.41) is 3.01. The van der Waals surface area contributed by atoms with Crippen LogP contribution in [-0.4, -0.2) is 25.2 Å². The molecule has 0 aliphatic heterocycles. The number of hydrogen-bond donors (Lipinski definition) is 2. The molecule has 1 aromatic rings. The topological polar surface area (TPSA) is 73.6 Å². The van der Waals surface area contributed by atoms with E-state index in [1.54, 1.807) is 13.0 Å². The van der Waals surface area contributed by atoms with E-state index in [1.807, 2.05) is 26.0 Å². The summed E-state index contributed by atoms with van der Waals surface area (Å²) in [6.45, 7) is 6.64. The van der Waals surface area contributed by atoms with Crippen LogP contribution in [0.5, 0.6) is 11.5 Å². The van der Waals surface area contributed by atoms with Crippen LogP contribution < -0.4 is 20.5 Å². The van der Waals surface area contributed by atoms with Crippen molar-refractivity contribution in [2.75, 3.05) is 18.5 Å². The Balaban J connectivity index is 2.95. The Kier molecular flexibility index (Phi) is 5.30. The Bertz CT molecular complexity index is 407. The Morgan fingerprint density at radius 3 is 2.56 bits per heavy atom. The van der Waals surface area contributed by atoms with E-state index >= 15 is 0 Å². The van der Waals surface area contributed by atoms with Crippen LogP contribution >= 0.6 is 0 Å². The summed E-state index contributed by atoms with van der Waals surface area (Å²) in [5.41, 5.74) is 5.93. The van der Waals surface area contributed by atoms with E-state index in [0.717, 1.165) is 5.75 Å². The first-order valence-corrected chi connectivity index (χ1v) is 6.04. The van der Waals surface area contributed by atoms with Crippen molar-refractivity contribution in [2.24, 2.45) is 5.73 Å². The molecule has 0 fully saturated rings. The zero-order valence-electron chi connectivity index (χ0n) is 11.0. The predicted octanol–water partition coefficient (Wildman–Crippen LogP) is 1.77. The summed E-state index contributed by atoms with van der Waals surface area (Å²) >= 11 is 0. The van der Waals surface area contributed by atoms with Gasteiger partial charge in [-0.1, -0.05) is 0 Å². The van der Waals surface area contributed by atoms with Gasteiger partial charge in [0, 0.05) is 6.07 Å². The number of carbonyl (C=O) groups is 1. The molecule has 1 atom stereocenters. The van der Waals surface area contributed by atoms with Gasteiger partial charge in [0.2, 0.25) is 5.91 Å². The van der Waals surface area contributed by atoms with Gasteiger partial charge in [-0.25, -0.2) is 0 Å². The van der Waals surface area contributed by atoms with Crippen molar-refractivity contribution in [3.63, 3.8) is 0 Å². The minimum atomic E-state index is -0.471. The van der Waals surface area contributed by atoms with E-state index in [9.17, 15) is 4.79 Å². The third kappa shape index (κ3) is 3.84. The second kappa shape index (κ2) is 6.74. The van der Waals surface area contributed by atoms with Crippen molar-refractivity contribution in [3.8, 4) is 11.5 Å². The largest absolute Gasteiger partial charge is 0.494 e. The fraction of sp³-hybridized carbons (Fsp3) is 0.462. The third-order valence-corrected chi connectivity index (χ3v) is 2.36. The molecule has 5 heteroatoms. The molecule has 0 saturated carbocycles. The molecule has 0 saturated heterocycles. The summed E-state index contributed by atoms with van der Waals surface area (Å²) in [5.74, 6) is 0.980. The van der Waals surface area contributed by atoms with Crippen LogP contribution in [0.2, 0.25) is 0 Å². The first-order valence-electron chi connectivity index (χ1n) is 6.04. The maximum Gasteiger partial charge on any atom is 0.239 e. The summed E-state index contributed by atoms with van der Waals surface area (Å²) in [6.07, 6.45) is 0. The summed E-state index contributed by atoms with van der Waals surface area (Å²) < 4.78 is 10.9. The number of amides is 1. The lowest BCUT2D eigenvalue weighted by molar-refractivity contribution is -0.118. The first kappa shape index (κ1) is 14.2. The van der Waals surface area contributed by atoms with E-state index in [1.165, 1.54) is 0 Å². The average Bonchev–Trinajstić information content (AvgIpc) is 2.33. The standard InChI is InChI=1S/C13H20N2O3/c1-4-17-10-6-7-12(18-5-2)11(8-10)15-9(3)13(14)16/h6-9,15H,4-5H2,1-3H3,(H2,14,16). The molecule has 1 unspecified atom stereocenters. The number of nitrogens with two attached hydrogens (primary N) is 1. The fourth-order valence-corrected chi connectivity index (χ4v) is 1.46. The van der Waals surface area contributed by atoms with Crippen molar-refractivity contribution in [1.29, 1.82) is 0 Å². The van der Waals surface area contributed by atoms with Crippen molar-refractivity contribution >= 4 is 11.6 Å². The molecule has 0 bridgehead atoms. The van der Waals surface area contributed by atoms with E-state index in [0.29, 0.717) is 24.7 Å². The van der Waals surface area contributed by atoms with E-state index in [-0.39, 0.29) is 0 Å². The highest BCUT2D eigenvalue weighted by molar-refractivity contribution is 5.83. The number of carbonyl (C=O) groups excluding carboxylic acids is 1. The molecule has 0 spiro atoms. The summed E-state index contributed by atoms with van der Waals surface area (Å²) in [4.78, 5) is 11.1. The molecule has 0 heterocycles. The predicted molar refractivity (Wildman–Crippen MR) is 71.1 cm³/mol. The monoisotopic (exact) mass is 252 g/mol. The minimum absolute atomic E-state index is 0.417. The molecule has 1 rings (SSSR count). The third-order valence-electron chi connectivity index (χ3n) is 2.36. The highest BCUT2D eigenvalue weighted by Crippen LogP contribution is 2.29. The highest BCUT2D eigenvalue weighted by atomic mass is 16.5. The molecule has 1 aromatic carbocycles. The van der Waals surface area contributed by atoms with Gasteiger partial charge in [0.1, 0.15) is 17.5 Å². The number of rotatable bonds is 7. The second-order valence-corrected chi connectivity index (χ2v) is 3.79. The molecule has 1 amide bonds. The van der Waals surface area contributed by atoms with Gasteiger partial charge < -0.3 is 20.5 Å². The van der Waals surface area contributed by atoms with Gasteiger partial charge in [-0.2, -0.15) is 0 Å². The number of hydrogen-bond acceptors (Lipinski definition) is 4. The summed E-state index contributed by atoms with van der Waals surface area (Å²) in [6, 6.07) is 4.97. The van der Waals surface area contributed by atoms with E-state index in [2.05, 4.69) is 5.32 Å². The zero-order chi connectivity index (χ0) is 13.5. The SMILES string of the molecule is CCOc1ccc(OCC)c(NC(C)C(N)=O)c1. The van der Waals surface area contributed by atoms with E-state index < -0.39 is 11.9 Å². The Morgan fingerprint density at radius 1 is 1.33 bits per heavy atom. The lowest BCUT2D eigenvalue weighted by Crippen LogP contribution is -2.32. The highest BCUT2D eigenvalue weighted by Gasteiger charge is 2.12. The van der Waals surface area contributed by atoms with Gasteiger partial charge >= 0.3 is 0 Å². The second-order valence-electron chi connectivity index (χ2n) is 3.79. The van der Waals surface area contributed by atoms with Crippen molar-refractivity contribution in [2.45, 2.75) is 26.8 Å². The maximum absolute atomic E-state index is 11.1. The van der Waals surface area contributed by atoms with Gasteiger partial charge in [0.05, 0.1) is 18.9 Å². The van der Waals surface area contributed by atoms with Gasteiger partial charge in [-0.05, 0) is 32.9 Å². The fourth-order valence-electron chi connectivity index (χ4n) is 1.46. The van der Waals surface area contributed by atoms with Crippen LogP contribution in [0.1, 0.15) is 20.8 Å². The van der Waals surface area contributed by atoms with Gasteiger partial charge in [0.15, 0.2) is 0 Å². The number of ether oxygens (including phenoxy) is 2. The average molecular weight is 252 g/mol. The molecular weight excluding hydrogens is 232 g/mol. The lowest BCUT2D eigenvalue weighted by Gasteiger charge is -2.17. The van der Waals surface area contributed by atoms with E-state index in [4.69, 9.17) is 15.2 Å². The van der Waals surface area contributed by atoms with Crippen LogP contribution in [-0.2, 0) is 4.79 Å². The summed E-state index contributed by atoms with van der Waals surface area (Å²) in [7, 11) is 0. The molecule has 5 nitrogen and oxygen atoms in total. The normalized spacial score (nSPS) is 11.7. The first-order chi connectivity index (χ1) is 8.58. The van der Waals surface area contributed by atoms with Crippen LogP contribution in [0.4, 0.5) is 5.69 Å². The zero-order valence-corrected chi connectivity index (χ0v) is 11.0. The number of primary amides is 1. The van der Waals surface area contributed by atoms with Crippen LogP contribution in [0.15, 0.2) is 18.2 Å². The van der Waals surface area contributed by atoms with Crippen molar-refractivity contribution < 1.29 is 14.3 Å². The molecule has 0 aliphatic rings. The van der Waals surface area contributed by atoms with Crippen LogP contribution in [0.25, 0.3) is 0 Å². The van der Waals surface area contributed by atoms with Crippen LogP contribution in [0.3, 0.4) is 0 Å². The molecule has 18 heavy (non-hydrogen) atoms. The molecule has 3 N–H and O–H groups in total. The van der Waals surface area contributed by atoms with Crippen LogP contribution in [0, 0.1) is 0 Å². The minimum Gasteiger partial charge on any atom is -0.494 e. The molecular formula is C13H20N2O3. The molecule has 0 radical (unpaired) electrons. The Labute approximate surface area is 107 Å². The van der Waals surface area contributed by atoms with Gasteiger partial charge in [-0.15, -0.1) is 0 Å². The van der Waals surface area contributed by atoms with Crippen molar-refractivity contribution in [3.05, 3.63) is 18.2 Å². The number of anilines is 1. The smallest absolute Gasteiger partial charge is 0.239 e. The number of nitrogens with one attached hydrogen (secondary N) is 1. The molecule has 0 aliphatic carbocycles.